The Hall–Kier alpha value is -0.350. The van der Waals surface area contributed by atoms with Crippen LogP contribution in [0.15, 0.2) is 12.3 Å². The average molecular weight is 263 g/mol. The van der Waals surface area contributed by atoms with Gasteiger partial charge in [0.15, 0.2) is 0 Å². The van der Waals surface area contributed by atoms with Crippen molar-refractivity contribution in [3.8, 4) is 0 Å². The van der Waals surface area contributed by atoms with Gasteiger partial charge in [-0.1, -0.05) is 30.1 Å². The van der Waals surface area contributed by atoms with Crippen LogP contribution in [0.4, 0.5) is 0 Å². The van der Waals surface area contributed by atoms with Crippen LogP contribution in [0.3, 0.4) is 0 Å². The number of halogens is 2. The number of nitrogens with one attached hydrogen (secondary N) is 1. The van der Waals surface area contributed by atoms with E-state index in [-0.39, 0.29) is 6.04 Å². The first kappa shape index (κ1) is 13.7. The number of aromatic nitrogens is 1. The van der Waals surface area contributed by atoms with E-state index < -0.39 is 0 Å². The Morgan fingerprint density at radius 2 is 2.19 bits per heavy atom. The van der Waals surface area contributed by atoms with E-state index in [1.54, 1.807) is 12.3 Å². The van der Waals surface area contributed by atoms with E-state index in [1.165, 1.54) is 0 Å². The Bertz CT molecular complexity index is 334. The molecule has 1 atom stereocenters. The molecule has 90 valence electrons. The smallest absolute Gasteiger partial charge is 0.0783 e. The summed E-state index contributed by atoms with van der Waals surface area (Å²) in [6.45, 7) is 6.05. The predicted octanol–water partition coefficient (Wildman–Crippen LogP) is 3.08. The maximum absolute atomic E-state index is 6.10. The van der Waals surface area contributed by atoms with Gasteiger partial charge in [0.25, 0.3) is 0 Å². The van der Waals surface area contributed by atoms with Gasteiger partial charge in [0, 0.05) is 12.8 Å². The van der Waals surface area contributed by atoms with Crippen molar-refractivity contribution in [2.45, 2.75) is 19.9 Å². The third kappa shape index (κ3) is 3.91. The topological polar surface area (TPSA) is 34.1 Å². The Labute approximate surface area is 106 Å². The molecule has 0 aromatic carbocycles. The Balaban J connectivity index is 2.82. The van der Waals surface area contributed by atoms with E-state index in [2.05, 4.69) is 10.3 Å². The molecule has 0 aliphatic heterocycles. The van der Waals surface area contributed by atoms with Crippen molar-refractivity contribution in [3.05, 3.63) is 28.0 Å². The molecular formula is C11H16Cl2N2O. The van der Waals surface area contributed by atoms with Crippen molar-refractivity contribution in [1.82, 2.24) is 10.3 Å². The number of pyridine rings is 1. The van der Waals surface area contributed by atoms with E-state index in [1.807, 2.05) is 13.8 Å². The summed E-state index contributed by atoms with van der Waals surface area (Å²) in [6.07, 6.45) is 1.60. The minimum absolute atomic E-state index is 0.00900. The normalized spacial score (nSPS) is 12.8. The fourth-order valence-electron chi connectivity index (χ4n) is 1.40. The van der Waals surface area contributed by atoms with E-state index in [0.29, 0.717) is 23.3 Å². The van der Waals surface area contributed by atoms with Gasteiger partial charge in [0.05, 0.1) is 28.4 Å². The molecule has 0 saturated carbocycles. The highest BCUT2D eigenvalue weighted by Crippen LogP contribution is 2.23. The van der Waals surface area contributed by atoms with E-state index >= 15 is 0 Å². The summed E-state index contributed by atoms with van der Waals surface area (Å²) in [5.41, 5.74) is 0.779. The second-order valence-corrected chi connectivity index (χ2v) is 4.13. The van der Waals surface area contributed by atoms with Crippen LogP contribution in [0.25, 0.3) is 0 Å². The summed E-state index contributed by atoms with van der Waals surface area (Å²) < 4.78 is 5.39. The molecule has 1 unspecified atom stereocenters. The van der Waals surface area contributed by atoms with Gasteiger partial charge in [0.1, 0.15) is 0 Å². The first-order valence-corrected chi connectivity index (χ1v) is 6.06. The molecule has 1 aromatic rings. The van der Waals surface area contributed by atoms with Gasteiger partial charge in [-0.25, -0.2) is 0 Å². The number of ether oxygens (including phenoxy) is 1. The third-order valence-electron chi connectivity index (χ3n) is 2.11. The highest BCUT2D eigenvalue weighted by atomic mass is 35.5. The average Bonchev–Trinajstić information content (AvgIpc) is 2.25. The van der Waals surface area contributed by atoms with Crippen molar-refractivity contribution in [3.63, 3.8) is 0 Å². The zero-order chi connectivity index (χ0) is 12.0. The molecular weight excluding hydrogens is 247 g/mol. The Kier molecular flexibility index (Phi) is 6.06. The molecule has 1 N–H and O–H groups in total. The van der Waals surface area contributed by atoms with Crippen LogP contribution < -0.4 is 5.32 Å². The van der Waals surface area contributed by atoms with Gasteiger partial charge in [-0.3, -0.25) is 4.98 Å². The summed E-state index contributed by atoms with van der Waals surface area (Å²) in [5, 5.41) is 4.39. The molecule has 0 bridgehead atoms. The lowest BCUT2D eigenvalue weighted by atomic mass is 10.2. The fourth-order valence-corrected chi connectivity index (χ4v) is 1.91. The Morgan fingerprint density at radius 1 is 1.44 bits per heavy atom. The minimum atomic E-state index is 0.00900. The summed E-state index contributed by atoms with van der Waals surface area (Å²) in [5.74, 6) is 0. The van der Waals surface area contributed by atoms with Crippen molar-refractivity contribution >= 4 is 23.2 Å². The number of likely N-dealkylation sites (N-methyl/N-ethyl adjacent to an activating group) is 1. The number of hydrogen-bond acceptors (Lipinski definition) is 3. The highest BCUT2D eigenvalue weighted by molar-refractivity contribution is 6.34. The minimum Gasteiger partial charge on any atom is -0.380 e. The Morgan fingerprint density at radius 3 is 2.75 bits per heavy atom. The summed E-state index contributed by atoms with van der Waals surface area (Å²) >= 11 is 11.9. The molecule has 0 amide bonds. The monoisotopic (exact) mass is 262 g/mol. The molecule has 0 aliphatic rings. The van der Waals surface area contributed by atoms with E-state index in [4.69, 9.17) is 27.9 Å². The number of hydrogen-bond donors (Lipinski definition) is 1. The van der Waals surface area contributed by atoms with Gasteiger partial charge in [-0.15, -0.1) is 0 Å². The first-order valence-electron chi connectivity index (χ1n) is 5.31. The molecule has 0 fully saturated rings. The summed E-state index contributed by atoms with van der Waals surface area (Å²) in [4.78, 5) is 4.24. The zero-order valence-corrected chi connectivity index (χ0v) is 11.0. The summed E-state index contributed by atoms with van der Waals surface area (Å²) in [7, 11) is 0. The third-order valence-corrected chi connectivity index (χ3v) is 2.61. The maximum atomic E-state index is 6.10. The van der Waals surface area contributed by atoms with Gasteiger partial charge >= 0.3 is 0 Å². The fraction of sp³-hybridized carbons (Fsp3) is 0.545. The maximum Gasteiger partial charge on any atom is 0.0783 e. The molecule has 1 aromatic heterocycles. The molecule has 0 aliphatic carbocycles. The van der Waals surface area contributed by atoms with Crippen molar-refractivity contribution < 1.29 is 4.74 Å². The number of nitrogens with zero attached hydrogens (tertiary/aromatic N) is 1. The molecule has 3 nitrogen and oxygen atoms in total. The van der Waals surface area contributed by atoms with Crippen LogP contribution in [0.2, 0.25) is 10.0 Å². The second kappa shape index (κ2) is 7.07. The van der Waals surface area contributed by atoms with Crippen molar-refractivity contribution in [2.75, 3.05) is 19.8 Å². The molecule has 16 heavy (non-hydrogen) atoms. The van der Waals surface area contributed by atoms with Crippen LogP contribution in [0.5, 0.6) is 0 Å². The standard InChI is InChI=1S/C11H16Cl2N2O/c1-3-14-10(7-16-4-2)11-9(13)5-8(12)6-15-11/h5-6,10,14H,3-4,7H2,1-2H3. The first-order chi connectivity index (χ1) is 7.69. The van der Waals surface area contributed by atoms with E-state index in [9.17, 15) is 0 Å². The predicted molar refractivity (Wildman–Crippen MR) is 67.2 cm³/mol. The molecule has 0 radical (unpaired) electrons. The SMILES string of the molecule is CCNC(COCC)c1ncc(Cl)cc1Cl. The lowest BCUT2D eigenvalue weighted by Crippen LogP contribution is -2.26. The zero-order valence-electron chi connectivity index (χ0n) is 9.46. The molecule has 1 heterocycles. The van der Waals surface area contributed by atoms with Gasteiger partial charge in [-0.05, 0) is 19.5 Å². The lowest BCUT2D eigenvalue weighted by molar-refractivity contribution is 0.122. The second-order valence-electron chi connectivity index (χ2n) is 3.29. The van der Waals surface area contributed by atoms with Gasteiger partial charge < -0.3 is 10.1 Å². The van der Waals surface area contributed by atoms with Crippen LogP contribution in [-0.2, 0) is 4.74 Å². The molecule has 0 saturated heterocycles. The molecule has 5 heteroatoms. The largest absolute Gasteiger partial charge is 0.380 e. The number of rotatable bonds is 6. The van der Waals surface area contributed by atoms with Crippen LogP contribution >= 0.6 is 23.2 Å². The van der Waals surface area contributed by atoms with Crippen LogP contribution in [0, 0.1) is 0 Å². The molecule has 1 rings (SSSR count). The van der Waals surface area contributed by atoms with Gasteiger partial charge in [0.2, 0.25) is 0 Å². The van der Waals surface area contributed by atoms with Gasteiger partial charge in [-0.2, -0.15) is 0 Å². The van der Waals surface area contributed by atoms with Crippen molar-refractivity contribution in [1.29, 1.82) is 0 Å². The summed E-state index contributed by atoms with van der Waals surface area (Å²) in [6, 6.07) is 1.71. The van der Waals surface area contributed by atoms with Crippen LogP contribution in [0.1, 0.15) is 25.6 Å². The lowest BCUT2D eigenvalue weighted by Gasteiger charge is -2.18. The highest BCUT2D eigenvalue weighted by Gasteiger charge is 2.15. The van der Waals surface area contributed by atoms with Crippen molar-refractivity contribution in [2.24, 2.45) is 0 Å². The van der Waals surface area contributed by atoms with E-state index in [0.717, 1.165) is 12.2 Å². The quantitative estimate of drug-likeness (QED) is 0.856. The molecule has 0 spiro atoms. The van der Waals surface area contributed by atoms with Crippen LogP contribution in [-0.4, -0.2) is 24.7 Å².